The van der Waals surface area contributed by atoms with Crippen molar-refractivity contribution in [2.45, 2.75) is 27.2 Å². The smallest absolute Gasteiger partial charge is 0.255 e. The van der Waals surface area contributed by atoms with E-state index in [1.807, 2.05) is 25.1 Å². The van der Waals surface area contributed by atoms with Crippen LogP contribution in [0.5, 0.6) is 0 Å². The van der Waals surface area contributed by atoms with Gasteiger partial charge in [-0.2, -0.15) is 0 Å². The lowest BCUT2D eigenvalue weighted by molar-refractivity contribution is 0.0955. The van der Waals surface area contributed by atoms with E-state index in [9.17, 15) is 9.59 Å². The molecule has 2 amide bonds. The monoisotopic (exact) mass is 312 g/mol. The van der Waals surface area contributed by atoms with Crippen molar-refractivity contribution in [1.82, 2.24) is 5.32 Å². The topological polar surface area (TPSA) is 58.2 Å². The van der Waals surface area contributed by atoms with Crippen LogP contribution < -0.4 is 10.6 Å². The first-order valence-corrected chi connectivity index (χ1v) is 7.87. The largest absolute Gasteiger partial charge is 0.352 e. The van der Waals surface area contributed by atoms with Gasteiger partial charge in [0.05, 0.1) is 0 Å². The lowest BCUT2D eigenvalue weighted by Gasteiger charge is -2.06. The van der Waals surface area contributed by atoms with Gasteiger partial charge >= 0.3 is 0 Å². The van der Waals surface area contributed by atoms with Crippen molar-refractivity contribution in [2.75, 3.05) is 11.9 Å². The van der Waals surface area contributed by atoms with Crippen molar-refractivity contribution in [3.8, 4) is 0 Å². The van der Waals surface area contributed by atoms with E-state index < -0.39 is 0 Å². The molecule has 0 saturated carbocycles. The van der Waals surface area contributed by atoms with Crippen molar-refractivity contribution >= 4 is 17.5 Å². The van der Waals surface area contributed by atoms with Gasteiger partial charge in [-0.3, -0.25) is 9.59 Å². The second kappa shape index (κ2) is 10.2. The molecule has 0 aliphatic heterocycles. The average Bonchev–Trinajstić information content (AvgIpc) is 2.57. The van der Waals surface area contributed by atoms with Crippen LogP contribution in [0.2, 0.25) is 0 Å². The minimum absolute atomic E-state index is 0.117. The van der Waals surface area contributed by atoms with Crippen LogP contribution in [0.1, 0.15) is 47.9 Å². The van der Waals surface area contributed by atoms with E-state index in [-0.39, 0.29) is 11.8 Å². The highest BCUT2D eigenvalue weighted by atomic mass is 16.2. The van der Waals surface area contributed by atoms with Gasteiger partial charge in [0.1, 0.15) is 0 Å². The fourth-order valence-electron chi connectivity index (χ4n) is 1.76. The third-order valence-electron chi connectivity index (χ3n) is 2.78. The molecule has 4 nitrogen and oxygen atoms in total. The van der Waals surface area contributed by atoms with Crippen LogP contribution >= 0.6 is 0 Å². The number of hydrogen-bond donors (Lipinski definition) is 2. The maximum Gasteiger partial charge on any atom is 0.255 e. The Morgan fingerprint density at radius 3 is 1.83 bits per heavy atom. The predicted octanol–water partition coefficient (Wildman–Crippen LogP) is 4.10. The number of rotatable bonds is 4. The summed E-state index contributed by atoms with van der Waals surface area (Å²) < 4.78 is 0. The average molecular weight is 312 g/mol. The number of amides is 2. The summed E-state index contributed by atoms with van der Waals surface area (Å²) in [6.07, 6.45) is 1.25. The third kappa shape index (κ3) is 6.34. The standard InChI is InChI=1S/C16H16N2O2.C3H8/c1-2-17-15(19)13-8-10-14(11-9-13)18-16(20)12-6-4-3-5-7-12;1-3-2/h3-11H,2H2,1H3,(H,17,19)(H,18,20);3H2,1-2H3. The Balaban J connectivity index is 0.000000816. The second-order valence-electron chi connectivity index (χ2n) is 4.96. The van der Waals surface area contributed by atoms with Crippen molar-refractivity contribution in [1.29, 1.82) is 0 Å². The number of carbonyl (C=O) groups is 2. The lowest BCUT2D eigenvalue weighted by atomic mass is 10.1. The van der Waals surface area contributed by atoms with Gasteiger partial charge < -0.3 is 10.6 Å². The molecule has 0 fully saturated rings. The van der Waals surface area contributed by atoms with E-state index in [1.54, 1.807) is 36.4 Å². The normalized spacial score (nSPS) is 9.35. The molecule has 0 bridgehead atoms. The Hall–Kier alpha value is -2.62. The molecule has 2 aromatic rings. The molecule has 2 aromatic carbocycles. The Labute approximate surface area is 137 Å². The molecule has 0 aromatic heterocycles. The van der Waals surface area contributed by atoms with Gasteiger partial charge in [0, 0.05) is 23.4 Å². The molecule has 23 heavy (non-hydrogen) atoms. The summed E-state index contributed by atoms with van der Waals surface area (Å²) in [5.41, 5.74) is 1.83. The Morgan fingerprint density at radius 2 is 1.30 bits per heavy atom. The molecule has 0 spiro atoms. The Morgan fingerprint density at radius 1 is 0.783 bits per heavy atom. The zero-order chi connectivity index (χ0) is 17.1. The summed E-state index contributed by atoms with van der Waals surface area (Å²) in [5.74, 6) is -0.287. The van der Waals surface area contributed by atoms with Gasteiger partial charge in [-0.1, -0.05) is 38.5 Å². The second-order valence-corrected chi connectivity index (χ2v) is 4.96. The first-order valence-electron chi connectivity index (χ1n) is 7.87. The van der Waals surface area contributed by atoms with Crippen molar-refractivity contribution in [2.24, 2.45) is 0 Å². The van der Waals surface area contributed by atoms with Gasteiger partial charge in [0.15, 0.2) is 0 Å². The Kier molecular flexibility index (Phi) is 8.14. The number of carbonyl (C=O) groups excluding carboxylic acids is 2. The van der Waals surface area contributed by atoms with Crippen LogP contribution in [0.3, 0.4) is 0 Å². The summed E-state index contributed by atoms with van der Waals surface area (Å²) >= 11 is 0. The molecule has 122 valence electrons. The van der Waals surface area contributed by atoms with Crippen molar-refractivity contribution < 1.29 is 9.59 Å². The Bertz CT molecular complexity index is 607. The molecular formula is C19H24N2O2. The molecule has 0 aliphatic rings. The van der Waals surface area contributed by atoms with E-state index in [4.69, 9.17) is 0 Å². The minimum Gasteiger partial charge on any atom is -0.352 e. The SMILES string of the molecule is CCC.CCNC(=O)c1ccc(NC(=O)c2ccccc2)cc1. The fraction of sp³-hybridized carbons (Fsp3) is 0.263. The first kappa shape index (κ1) is 18.4. The highest BCUT2D eigenvalue weighted by Crippen LogP contribution is 2.11. The molecule has 0 heterocycles. The number of anilines is 1. The highest BCUT2D eigenvalue weighted by molar-refractivity contribution is 6.04. The summed E-state index contributed by atoms with van der Waals surface area (Å²) in [5, 5.41) is 5.51. The van der Waals surface area contributed by atoms with Crippen molar-refractivity contribution in [3.05, 3.63) is 65.7 Å². The molecule has 2 N–H and O–H groups in total. The summed E-state index contributed by atoms with van der Waals surface area (Å²) in [7, 11) is 0. The first-order chi connectivity index (χ1) is 11.1. The van der Waals surface area contributed by atoms with Crippen LogP contribution in [-0.2, 0) is 0 Å². The van der Waals surface area contributed by atoms with Gasteiger partial charge in [0.25, 0.3) is 11.8 Å². The fourth-order valence-corrected chi connectivity index (χ4v) is 1.76. The summed E-state index contributed by atoms with van der Waals surface area (Å²) in [4.78, 5) is 23.5. The zero-order valence-electron chi connectivity index (χ0n) is 13.9. The maximum atomic E-state index is 11.9. The minimum atomic E-state index is -0.170. The molecule has 0 atom stereocenters. The van der Waals surface area contributed by atoms with E-state index in [0.29, 0.717) is 23.4 Å². The highest BCUT2D eigenvalue weighted by Gasteiger charge is 2.07. The quantitative estimate of drug-likeness (QED) is 0.892. The molecular weight excluding hydrogens is 288 g/mol. The van der Waals surface area contributed by atoms with E-state index in [2.05, 4.69) is 24.5 Å². The number of nitrogens with one attached hydrogen (secondary N) is 2. The van der Waals surface area contributed by atoms with E-state index in [1.165, 1.54) is 6.42 Å². The van der Waals surface area contributed by atoms with Crippen LogP contribution in [0.15, 0.2) is 54.6 Å². The maximum absolute atomic E-state index is 11.9. The molecule has 0 aliphatic carbocycles. The van der Waals surface area contributed by atoms with Crippen LogP contribution in [0.4, 0.5) is 5.69 Å². The summed E-state index contributed by atoms with van der Waals surface area (Å²) in [6.45, 7) is 6.71. The molecule has 0 radical (unpaired) electrons. The molecule has 0 saturated heterocycles. The van der Waals surface area contributed by atoms with Gasteiger partial charge in [-0.25, -0.2) is 0 Å². The van der Waals surface area contributed by atoms with Crippen molar-refractivity contribution in [3.63, 3.8) is 0 Å². The van der Waals surface area contributed by atoms with Crippen LogP contribution in [0, 0.1) is 0 Å². The summed E-state index contributed by atoms with van der Waals surface area (Å²) in [6, 6.07) is 15.8. The lowest BCUT2D eigenvalue weighted by Crippen LogP contribution is -2.22. The molecule has 4 heteroatoms. The van der Waals surface area contributed by atoms with Gasteiger partial charge in [-0.05, 0) is 43.3 Å². The van der Waals surface area contributed by atoms with Gasteiger partial charge in [0.2, 0.25) is 0 Å². The number of benzene rings is 2. The number of hydrogen-bond acceptors (Lipinski definition) is 2. The third-order valence-corrected chi connectivity index (χ3v) is 2.78. The van der Waals surface area contributed by atoms with E-state index in [0.717, 1.165) is 0 Å². The van der Waals surface area contributed by atoms with E-state index >= 15 is 0 Å². The zero-order valence-corrected chi connectivity index (χ0v) is 13.9. The molecule has 0 unspecified atom stereocenters. The predicted molar refractivity (Wildman–Crippen MR) is 94.8 cm³/mol. The molecule has 2 rings (SSSR count). The van der Waals surface area contributed by atoms with Gasteiger partial charge in [-0.15, -0.1) is 0 Å². The van der Waals surface area contributed by atoms with Crippen LogP contribution in [0.25, 0.3) is 0 Å². The van der Waals surface area contributed by atoms with Crippen LogP contribution in [-0.4, -0.2) is 18.4 Å².